The first-order valence-corrected chi connectivity index (χ1v) is 11.0. The summed E-state index contributed by atoms with van der Waals surface area (Å²) in [4.78, 5) is 20.0. The molecule has 2 aromatic rings. The summed E-state index contributed by atoms with van der Waals surface area (Å²) in [6.45, 7) is -0.164. The molecule has 0 radical (unpaired) electrons. The predicted octanol–water partition coefficient (Wildman–Crippen LogP) is 0.623. The zero-order chi connectivity index (χ0) is 21.6. The van der Waals surface area contributed by atoms with Gasteiger partial charge in [-0.15, -0.1) is 0 Å². The highest BCUT2D eigenvalue weighted by molar-refractivity contribution is 7.89. The minimum atomic E-state index is -3.75. The van der Waals surface area contributed by atoms with Gasteiger partial charge in [0.2, 0.25) is 10.0 Å². The Hall–Kier alpha value is -2.47. The molecule has 1 aromatic heterocycles. The van der Waals surface area contributed by atoms with Gasteiger partial charge in [0.15, 0.2) is 0 Å². The Kier molecular flexibility index (Phi) is 7.43. The number of halogens is 1. The fourth-order valence-corrected chi connectivity index (χ4v) is 4.27. The standard InChI is InChI=1S/C19H23FN4O5S/c20-13-1-4-15(5-2-13)30(27,28)23-8-7-14-3-6-16(18(12-25)29-14)24-19(26)17-11-21-9-10-22-17/h1-2,4-5,9-11,14,16,18,23,25H,3,6-8,12H2,(H,24,26)/t14-,16+,18+/m0/s1. The van der Waals surface area contributed by atoms with Crippen LogP contribution < -0.4 is 10.0 Å². The lowest BCUT2D eigenvalue weighted by atomic mass is 9.97. The van der Waals surface area contributed by atoms with Crippen molar-refractivity contribution in [1.29, 1.82) is 0 Å². The molecule has 30 heavy (non-hydrogen) atoms. The highest BCUT2D eigenvalue weighted by Gasteiger charge is 2.32. The second kappa shape index (κ2) is 10.0. The van der Waals surface area contributed by atoms with Gasteiger partial charge >= 0.3 is 0 Å². The van der Waals surface area contributed by atoms with E-state index in [2.05, 4.69) is 20.0 Å². The van der Waals surface area contributed by atoms with Crippen molar-refractivity contribution in [2.75, 3.05) is 13.2 Å². The van der Waals surface area contributed by atoms with Crippen molar-refractivity contribution in [3.8, 4) is 0 Å². The van der Waals surface area contributed by atoms with Crippen molar-refractivity contribution in [1.82, 2.24) is 20.0 Å². The smallest absolute Gasteiger partial charge is 0.271 e. The van der Waals surface area contributed by atoms with E-state index in [1.165, 1.54) is 30.7 Å². The Morgan fingerprint density at radius 1 is 1.23 bits per heavy atom. The quantitative estimate of drug-likeness (QED) is 0.551. The Morgan fingerprint density at radius 3 is 2.67 bits per heavy atom. The van der Waals surface area contributed by atoms with E-state index in [1.807, 2.05) is 0 Å². The van der Waals surface area contributed by atoms with Crippen LogP contribution in [0.2, 0.25) is 0 Å². The maximum Gasteiger partial charge on any atom is 0.271 e. The molecule has 1 aliphatic rings. The number of sulfonamides is 1. The van der Waals surface area contributed by atoms with Crippen LogP contribution in [0.15, 0.2) is 47.8 Å². The fourth-order valence-electron chi connectivity index (χ4n) is 3.22. The van der Waals surface area contributed by atoms with Gasteiger partial charge in [0, 0.05) is 18.9 Å². The lowest BCUT2D eigenvalue weighted by molar-refractivity contribution is -0.0891. The fraction of sp³-hybridized carbons (Fsp3) is 0.421. The lowest BCUT2D eigenvalue weighted by Gasteiger charge is -2.36. The number of carbonyl (C=O) groups excluding carboxylic acids is 1. The number of aliphatic hydroxyl groups is 1. The molecular formula is C19H23FN4O5S. The highest BCUT2D eigenvalue weighted by Crippen LogP contribution is 2.22. The van der Waals surface area contributed by atoms with E-state index in [0.717, 1.165) is 12.1 Å². The van der Waals surface area contributed by atoms with Gasteiger partial charge in [-0.25, -0.2) is 22.5 Å². The molecular weight excluding hydrogens is 415 g/mol. The lowest BCUT2D eigenvalue weighted by Crippen LogP contribution is -2.51. The molecule has 9 nitrogen and oxygen atoms in total. The second-order valence-corrected chi connectivity index (χ2v) is 8.63. The van der Waals surface area contributed by atoms with Crippen LogP contribution in [0.5, 0.6) is 0 Å². The number of carbonyl (C=O) groups is 1. The van der Waals surface area contributed by atoms with Crippen LogP contribution in [0, 0.1) is 5.82 Å². The number of rotatable bonds is 8. The van der Waals surface area contributed by atoms with Crippen molar-refractivity contribution < 1.29 is 27.4 Å². The van der Waals surface area contributed by atoms with Crippen LogP contribution in [-0.4, -0.2) is 60.8 Å². The third kappa shape index (κ3) is 5.79. The van der Waals surface area contributed by atoms with Crippen LogP contribution in [-0.2, 0) is 14.8 Å². The van der Waals surface area contributed by atoms with Gasteiger partial charge in [-0.1, -0.05) is 0 Å². The van der Waals surface area contributed by atoms with Crippen molar-refractivity contribution in [3.63, 3.8) is 0 Å². The molecule has 162 valence electrons. The zero-order valence-corrected chi connectivity index (χ0v) is 16.9. The van der Waals surface area contributed by atoms with Gasteiger partial charge in [0.1, 0.15) is 17.6 Å². The molecule has 2 heterocycles. The maximum atomic E-state index is 13.0. The topological polar surface area (TPSA) is 131 Å². The Labute approximate surface area is 173 Å². The molecule has 1 amide bonds. The number of nitrogens with one attached hydrogen (secondary N) is 2. The summed E-state index contributed by atoms with van der Waals surface area (Å²) in [5.41, 5.74) is 0.173. The van der Waals surface area contributed by atoms with Gasteiger partial charge < -0.3 is 15.2 Å². The normalized spacial score (nSPS) is 21.9. The zero-order valence-electron chi connectivity index (χ0n) is 16.1. The molecule has 3 atom stereocenters. The highest BCUT2D eigenvalue weighted by atomic mass is 32.2. The summed E-state index contributed by atoms with van der Waals surface area (Å²) in [6, 6.07) is 4.17. The first kappa shape index (κ1) is 22.2. The van der Waals surface area contributed by atoms with Gasteiger partial charge in [-0.3, -0.25) is 9.78 Å². The number of hydrogen-bond acceptors (Lipinski definition) is 7. The van der Waals surface area contributed by atoms with Crippen molar-refractivity contribution in [3.05, 3.63) is 54.4 Å². The number of nitrogens with zero attached hydrogens (tertiary/aromatic N) is 2. The van der Waals surface area contributed by atoms with E-state index in [0.29, 0.717) is 19.3 Å². The molecule has 1 fully saturated rings. The largest absolute Gasteiger partial charge is 0.394 e. The minimum Gasteiger partial charge on any atom is -0.394 e. The monoisotopic (exact) mass is 438 g/mol. The average Bonchev–Trinajstić information content (AvgIpc) is 2.75. The SMILES string of the molecule is O=C(N[C@@H]1CC[C@@H](CCNS(=O)(=O)c2ccc(F)cc2)O[C@@H]1CO)c1cnccn1. The maximum absolute atomic E-state index is 13.0. The second-order valence-electron chi connectivity index (χ2n) is 6.87. The van der Waals surface area contributed by atoms with Crippen LogP contribution in [0.1, 0.15) is 29.8 Å². The number of amides is 1. The van der Waals surface area contributed by atoms with Gasteiger partial charge in [0.05, 0.1) is 29.8 Å². The van der Waals surface area contributed by atoms with E-state index >= 15 is 0 Å². The van der Waals surface area contributed by atoms with E-state index in [-0.39, 0.29) is 29.8 Å². The van der Waals surface area contributed by atoms with E-state index in [1.54, 1.807) is 0 Å². The van der Waals surface area contributed by atoms with Crippen LogP contribution in [0.25, 0.3) is 0 Å². The van der Waals surface area contributed by atoms with Crippen LogP contribution in [0.3, 0.4) is 0 Å². The molecule has 3 rings (SSSR count). The molecule has 3 N–H and O–H groups in total. The van der Waals surface area contributed by atoms with Crippen molar-refractivity contribution in [2.45, 2.75) is 42.4 Å². The third-order valence-electron chi connectivity index (χ3n) is 4.79. The molecule has 0 aliphatic carbocycles. The van der Waals surface area contributed by atoms with E-state index < -0.39 is 33.9 Å². The molecule has 0 spiro atoms. The van der Waals surface area contributed by atoms with Gasteiger partial charge in [0.25, 0.3) is 5.91 Å². The van der Waals surface area contributed by atoms with Crippen molar-refractivity contribution >= 4 is 15.9 Å². The Bertz CT molecular complexity index is 943. The molecule has 0 bridgehead atoms. The number of hydrogen-bond donors (Lipinski definition) is 3. The average molecular weight is 438 g/mol. The molecule has 1 aromatic carbocycles. The number of ether oxygens (including phenoxy) is 1. The minimum absolute atomic E-state index is 0.0199. The first-order chi connectivity index (χ1) is 14.4. The van der Waals surface area contributed by atoms with E-state index in [4.69, 9.17) is 4.74 Å². The summed E-state index contributed by atoms with van der Waals surface area (Å²) < 4.78 is 45.7. The molecule has 1 saturated heterocycles. The molecule has 1 aliphatic heterocycles. The van der Waals surface area contributed by atoms with Crippen molar-refractivity contribution in [2.24, 2.45) is 0 Å². The molecule has 11 heteroatoms. The van der Waals surface area contributed by atoms with E-state index in [9.17, 15) is 22.7 Å². The number of benzene rings is 1. The molecule has 0 saturated carbocycles. The third-order valence-corrected chi connectivity index (χ3v) is 6.27. The van der Waals surface area contributed by atoms with Crippen LogP contribution >= 0.6 is 0 Å². The van der Waals surface area contributed by atoms with Gasteiger partial charge in [-0.05, 0) is 43.5 Å². The first-order valence-electron chi connectivity index (χ1n) is 9.47. The van der Waals surface area contributed by atoms with Crippen LogP contribution in [0.4, 0.5) is 4.39 Å². The summed E-state index contributed by atoms with van der Waals surface area (Å²) in [5, 5.41) is 12.4. The summed E-state index contributed by atoms with van der Waals surface area (Å²) in [5.74, 6) is -0.916. The number of aliphatic hydroxyl groups excluding tert-OH is 1. The van der Waals surface area contributed by atoms with Gasteiger partial charge in [-0.2, -0.15) is 0 Å². The predicted molar refractivity (Wildman–Crippen MR) is 104 cm³/mol. The number of aromatic nitrogens is 2. The summed E-state index contributed by atoms with van der Waals surface area (Å²) >= 11 is 0. The summed E-state index contributed by atoms with van der Waals surface area (Å²) in [7, 11) is -3.75. The Morgan fingerprint density at radius 2 is 2.00 bits per heavy atom. The molecule has 0 unspecified atom stereocenters. The Balaban J connectivity index is 1.49. The summed E-state index contributed by atoms with van der Waals surface area (Å²) in [6.07, 6.45) is 4.88.